The van der Waals surface area contributed by atoms with Crippen LogP contribution in [0.4, 0.5) is 0 Å². The van der Waals surface area contributed by atoms with Gasteiger partial charge in [0.2, 0.25) is 10.0 Å². The Labute approximate surface area is 86.8 Å². The minimum atomic E-state index is -3.15. The van der Waals surface area contributed by atoms with Gasteiger partial charge in [-0.15, -0.1) is 0 Å². The van der Waals surface area contributed by atoms with Gasteiger partial charge in [0.15, 0.2) is 0 Å². The lowest BCUT2D eigenvalue weighted by Gasteiger charge is -2.15. The SMILES string of the molecule is CCC(CCO)CNS(=O)(=O)C(C)C. The predicted octanol–water partition coefficient (Wildman–Crippen LogP) is 0.723. The van der Waals surface area contributed by atoms with Crippen molar-refractivity contribution in [3.8, 4) is 0 Å². The van der Waals surface area contributed by atoms with Crippen LogP contribution in [0.3, 0.4) is 0 Å². The maximum atomic E-state index is 11.4. The predicted molar refractivity (Wildman–Crippen MR) is 57.5 cm³/mol. The fourth-order valence-corrected chi connectivity index (χ4v) is 1.84. The van der Waals surface area contributed by atoms with Crippen LogP contribution in [0.15, 0.2) is 0 Å². The van der Waals surface area contributed by atoms with E-state index < -0.39 is 15.3 Å². The van der Waals surface area contributed by atoms with Gasteiger partial charge in [-0.05, 0) is 26.2 Å². The first-order valence-electron chi connectivity index (χ1n) is 5.03. The van der Waals surface area contributed by atoms with Gasteiger partial charge in [-0.2, -0.15) is 0 Å². The van der Waals surface area contributed by atoms with E-state index in [-0.39, 0.29) is 12.5 Å². The first-order chi connectivity index (χ1) is 6.44. The van der Waals surface area contributed by atoms with E-state index in [2.05, 4.69) is 4.72 Å². The van der Waals surface area contributed by atoms with Crippen LogP contribution in [-0.2, 0) is 10.0 Å². The molecule has 1 unspecified atom stereocenters. The maximum absolute atomic E-state index is 11.4. The van der Waals surface area contributed by atoms with E-state index in [0.29, 0.717) is 13.0 Å². The zero-order valence-corrected chi connectivity index (χ0v) is 9.97. The highest BCUT2D eigenvalue weighted by Crippen LogP contribution is 2.07. The first-order valence-corrected chi connectivity index (χ1v) is 6.58. The van der Waals surface area contributed by atoms with Crippen molar-refractivity contribution in [2.45, 2.75) is 38.9 Å². The van der Waals surface area contributed by atoms with Crippen LogP contribution in [0, 0.1) is 5.92 Å². The third kappa shape index (κ3) is 4.93. The summed E-state index contributed by atoms with van der Waals surface area (Å²) >= 11 is 0. The van der Waals surface area contributed by atoms with Gasteiger partial charge in [0.05, 0.1) is 5.25 Å². The Kier molecular flexibility index (Phi) is 6.31. The van der Waals surface area contributed by atoms with Gasteiger partial charge < -0.3 is 5.11 Å². The third-order valence-electron chi connectivity index (χ3n) is 2.31. The normalized spacial score (nSPS) is 14.6. The molecule has 0 heterocycles. The van der Waals surface area contributed by atoms with E-state index in [9.17, 15) is 8.42 Å². The Hall–Kier alpha value is -0.130. The first kappa shape index (κ1) is 13.9. The highest BCUT2D eigenvalue weighted by molar-refractivity contribution is 7.90. The molecule has 0 spiro atoms. The van der Waals surface area contributed by atoms with Gasteiger partial charge in [0, 0.05) is 13.2 Å². The molecule has 0 bridgehead atoms. The number of nitrogens with one attached hydrogen (secondary N) is 1. The van der Waals surface area contributed by atoms with Gasteiger partial charge >= 0.3 is 0 Å². The number of aliphatic hydroxyl groups is 1. The van der Waals surface area contributed by atoms with Crippen LogP contribution in [0.25, 0.3) is 0 Å². The number of sulfonamides is 1. The maximum Gasteiger partial charge on any atom is 0.213 e. The minimum absolute atomic E-state index is 0.113. The molecule has 0 aliphatic rings. The van der Waals surface area contributed by atoms with E-state index in [1.807, 2.05) is 6.92 Å². The molecule has 14 heavy (non-hydrogen) atoms. The fourth-order valence-electron chi connectivity index (χ4n) is 1.03. The average Bonchev–Trinajstić information content (AvgIpc) is 2.12. The molecule has 1 atom stereocenters. The summed E-state index contributed by atoms with van der Waals surface area (Å²) in [6, 6.07) is 0. The molecule has 0 amide bonds. The lowest BCUT2D eigenvalue weighted by molar-refractivity contribution is 0.254. The molecule has 4 nitrogen and oxygen atoms in total. The molecule has 0 rings (SSSR count). The molecule has 0 aromatic rings. The fraction of sp³-hybridized carbons (Fsp3) is 1.00. The highest BCUT2D eigenvalue weighted by atomic mass is 32.2. The Bertz CT molecular complexity index is 236. The van der Waals surface area contributed by atoms with Crippen LogP contribution in [0.5, 0.6) is 0 Å². The van der Waals surface area contributed by atoms with Crippen molar-refractivity contribution in [3.05, 3.63) is 0 Å². The molecular weight excluding hydrogens is 202 g/mol. The monoisotopic (exact) mass is 223 g/mol. The van der Waals surface area contributed by atoms with E-state index in [1.165, 1.54) is 0 Å². The second-order valence-corrected chi connectivity index (χ2v) is 6.05. The molecule has 0 aliphatic carbocycles. The Morgan fingerprint density at radius 1 is 1.36 bits per heavy atom. The molecule has 0 saturated heterocycles. The molecule has 0 aromatic carbocycles. The Balaban J connectivity index is 4.03. The molecule has 0 radical (unpaired) electrons. The Morgan fingerprint density at radius 3 is 2.29 bits per heavy atom. The molecule has 0 aromatic heterocycles. The van der Waals surface area contributed by atoms with E-state index >= 15 is 0 Å². The quantitative estimate of drug-likeness (QED) is 0.668. The molecule has 0 aliphatic heterocycles. The summed E-state index contributed by atoms with van der Waals surface area (Å²) < 4.78 is 25.3. The largest absolute Gasteiger partial charge is 0.396 e. The molecule has 2 N–H and O–H groups in total. The molecule has 86 valence electrons. The van der Waals surface area contributed by atoms with Crippen molar-refractivity contribution in [2.24, 2.45) is 5.92 Å². The average molecular weight is 223 g/mol. The smallest absolute Gasteiger partial charge is 0.213 e. The molecule has 0 saturated carbocycles. The van der Waals surface area contributed by atoms with Gasteiger partial charge in [-0.3, -0.25) is 0 Å². The van der Waals surface area contributed by atoms with E-state index in [0.717, 1.165) is 6.42 Å². The van der Waals surface area contributed by atoms with Crippen molar-refractivity contribution < 1.29 is 13.5 Å². The zero-order valence-electron chi connectivity index (χ0n) is 9.16. The molecule has 5 heteroatoms. The minimum Gasteiger partial charge on any atom is -0.396 e. The van der Waals surface area contributed by atoms with Crippen molar-refractivity contribution in [3.63, 3.8) is 0 Å². The summed E-state index contributed by atoms with van der Waals surface area (Å²) in [4.78, 5) is 0. The van der Waals surface area contributed by atoms with Gasteiger partial charge in [0.25, 0.3) is 0 Å². The number of hydrogen-bond donors (Lipinski definition) is 2. The topological polar surface area (TPSA) is 66.4 Å². The molecule has 0 fully saturated rings. The van der Waals surface area contributed by atoms with Gasteiger partial charge in [0.1, 0.15) is 0 Å². The van der Waals surface area contributed by atoms with E-state index in [4.69, 9.17) is 5.11 Å². The molecular formula is C9H21NO3S. The summed E-state index contributed by atoms with van der Waals surface area (Å²) in [7, 11) is -3.15. The van der Waals surface area contributed by atoms with Crippen molar-refractivity contribution in [1.29, 1.82) is 0 Å². The summed E-state index contributed by atoms with van der Waals surface area (Å²) in [6.07, 6.45) is 1.53. The summed E-state index contributed by atoms with van der Waals surface area (Å²) in [5.74, 6) is 0.230. The van der Waals surface area contributed by atoms with Gasteiger partial charge in [-0.25, -0.2) is 13.1 Å². The second-order valence-electron chi connectivity index (χ2n) is 3.73. The van der Waals surface area contributed by atoms with Crippen molar-refractivity contribution in [1.82, 2.24) is 4.72 Å². The van der Waals surface area contributed by atoms with Crippen LogP contribution in [0.2, 0.25) is 0 Å². The number of rotatable bonds is 7. The summed E-state index contributed by atoms with van der Waals surface area (Å²) in [6.45, 7) is 5.83. The lowest BCUT2D eigenvalue weighted by Crippen LogP contribution is -2.34. The summed E-state index contributed by atoms with van der Waals surface area (Å²) in [5, 5.41) is 8.33. The standard InChI is InChI=1S/C9H21NO3S/c1-4-9(5-6-11)7-10-14(12,13)8(2)3/h8-11H,4-7H2,1-3H3. The summed E-state index contributed by atoms with van der Waals surface area (Å²) in [5.41, 5.74) is 0. The third-order valence-corrected chi connectivity index (χ3v) is 4.12. The van der Waals surface area contributed by atoms with Gasteiger partial charge in [-0.1, -0.05) is 13.3 Å². The van der Waals surface area contributed by atoms with Crippen LogP contribution in [-0.4, -0.2) is 31.9 Å². The second kappa shape index (κ2) is 6.37. The Morgan fingerprint density at radius 2 is 1.93 bits per heavy atom. The van der Waals surface area contributed by atoms with Crippen LogP contribution < -0.4 is 4.72 Å². The van der Waals surface area contributed by atoms with E-state index in [1.54, 1.807) is 13.8 Å². The lowest BCUT2D eigenvalue weighted by atomic mass is 10.0. The highest BCUT2D eigenvalue weighted by Gasteiger charge is 2.16. The van der Waals surface area contributed by atoms with Crippen molar-refractivity contribution >= 4 is 10.0 Å². The van der Waals surface area contributed by atoms with Crippen molar-refractivity contribution in [2.75, 3.05) is 13.2 Å². The number of aliphatic hydroxyl groups excluding tert-OH is 1. The zero-order chi connectivity index (χ0) is 11.2. The number of hydrogen-bond acceptors (Lipinski definition) is 3. The van der Waals surface area contributed by atoms with Crippen LogP contribution >= 0.6 is 0 Å². The van der Waals surface area contributed by atoms with Crippen LogP contribution in [0.1, 0.15) is 33.6 Å².